The van der Waals surface area contributed by atoms with Crippen LogP contribution in [0.4, 0.5) is 5.69 Å². The molecule has 1 aliphatic carbocycles. The molecule has 0 bridgehead atoms. The molecule has 0 spiro atoms. The van der Waals surface area contributed by atoms with Crippen molar-refractivity contribution >= 4 is 26.8 Å². The number of nitroso groups, excluding NO2 is 1. The number of allylic oxidation sites excluding steroid dienone is 6. The highest BCUT2D eigenvalue weighted by molar-refractivity contribution is 8.03. The van der Waals surface area contributed by atoms with E-state index in [0.29, 0.717) is 5.69 Å². The lowest BCUT2D eigenvalue weighted by Crippen LogP contribution is -1.97. The van der Waals surface area contributed by atoms with Crippen molar-refractivity contribution in [3.63, 3.8) is 0 Å². The van der Waals surface area contributed by atoms with Gasteiger partial charge in [0.05, 0.1) is 12.5 Å². The lowest BCUT2D eigenvalue weighted by molar-refractivity contribution is -0.270. The van der Waals surface area contributed by atoms with E-state index < -0.39 is 0 Å². The van der Waals surface area contributed by atoms with Crippen LogP contribution in [0.1, 0.15) is 17.5 Å². The average molecular weight is 341 g/mol. The van der Waals surface area contributed by atoms with Crippen LogP contribution in [-0.2, 0) is 6.42 Å². The first kappa shape index (κ1) is 17.4. The zero-order chi connectivity index (χ0) is 16.8. The van der Waals surface area contributed by atoms with Crippen molar-refractivity contribution in [1.29, 1.82) is 5.26 Å². The zero-order valence-corrected chi connectivity index (χ0v) is 14.9. The molecule has 1 unspecified atom stereocenters. The van der Waals surface area contributed by atoms with Crippen LogP contribution in [0.5, 0.6) is 0 Å². The third-order valence-electron chi connectivity index (χ3n) is 3.57. The van der Waals surface area contributed by atoms with Crippen molar-refractivity contribution in [2.75, 3.05) is 0 Å². The lowest BCUT2D eigenvalue weighted by Gasteiger charge is -2.11. The van der Waals surface area contributed by atoms with Crippen molar-refractivity contribution in [1.82, 2.24) is 0 Å². The summed E-state index contributed by atoms with van der Waals surface area (Å²) < 4.78 is 0.727. The van der Waals surface area contributed by atoms with E-state index >= 15 is 0 Å². The van der Waals surface area contributed by atoms with Gasteiger partial charge in [0.25, 0.3) is 5.69 Å². The van der Waals surface area contributed by atoms with Crippen LogP contribution in [0.2, 0.25) is 0 Å². The van der Waals surface area contributed by atoms with Crippen LogP contribution >= 0.6 is 21.2 Å². The topological polar surface area (TPSA) is 43.9 Å². The number of rotatable bonds is 5. The fraction of sp³-hybridized carbons (Fsp3) is 0.167. The Labute approximate surface area is 143 Å². The molecule has 1 aromatic carbocycles. The van der Waals surface area contributed by atoms with E-state index in [9.17, 15) is 4.91 Å². The maximum absolute atomic E-state index is 11.6. The maximum atomic E-state index is 11.6. The van der Waals surface area contributed by atoms with E-state index in [-0.39, 0.29) is 6.42 Å². The van der Waals surface area contributed by atoms with Crippen LogP contribution < -0.4 is 0 Å². The van der Waals surface area contributed by atoms with Crippen molar-refractivity contribution < 1.29 is 4.53 Å². The van der Waals surface area contributed by atoms with Gasteiger partial charge >= 0.3 is 0 Å². The molecular weight excluding hydrogens is 323 g/mol. The maximum Gasteiger partial charge on any atom is 0.261 e. The number of hydrogen-bond acceptors (Lipinski definition) is 3. The van der Waals surface area contributed by atoms with Gasteiger partial charge in [-0.1, -0.05) is 48.7 Å². The zero-order valence-electron chi connectivity index (χ0n) is 13.0. The summed E-state index contributed by atoms with van der Waals surface area (Å²) in [6, 6.07) is 5.81. The monoisotopic (exact) mass is 341 g/mol. The SMILES string of the molecule is C=C(Sc1ccc([N+](=O)P)c(CC#N)c1C)C1=CCC=CC=C1. The fourth-order valence-corrected chi connectivity index (χ4v) is 3.51. The Balaban J connectivity index is 2.32. The Bertz CT molecular complexity index is 785. The van der Waals surface area contributed by atoms with Gasteiger partial charge in [-0.25, -0.2) is 0 Å². The van der Waals surface area contributed by atoms with Gasteiger partial charge in [-0.3, -0.25) is 0 Å². The second kappa shape index (κ2) is 8.06. The molecule has 0 N–H and O–H groups in total. The summed E-state index contributed by atoms with van der Waals surface area (Å²) >= 11 is 1.57. The Morgan fingerprint density at radius 2 is 2.26 bits per heavy atom. The Kier molecular flexibility index (Phi) is 6.10. The Morgan fingerprint density at radius 1 is 1.48 bits per heavy atom. The van der Waals surface area contributed by atoms with Crippen molar-refractivity contribution in [2.24, 2.45) is 0 Å². The summed E-state index contributed by atoms with van der Waals surface area (Å²) in [6.07, 6.45) is 11.4. The van der Waals surface area contributed by atoms with Gasteiger partial charge in [0.2, 0.25) is 9.39 Å². The number of benzene rings is 1. The minimum atomic E-state index is 0.210. The predicted molar refractivity (Wildman–Crippen MR) is 99.5 cm³/mol. The highest BCUT2D eigenvalue weighted by Gasteiger charge is 2.19. The summed E-state index contributed by atoms with van der Waals surface area (Å²) in [5.41, 5.74) is 3.33. The smallest absolute Gasteiger partial charge is 0.198 e. The molecular formula is C18H18N2OPS+. The van der Waals surface area contributed by atoms with Crippen molar-refractivity contribution in [3.8, 4) is 6.07 Å². The van der Waals surface area contributed by atoms with Gasteiger partial charge in [-0.05, 0) is 30.5 Å². The van der Waals surface area contributed by atoms with Crippen LogP contribution in [0.25, 0.3) is 0 Å². The lowest BCUT2D eigenvalue weighted by atomic mass is 10.0. The average Bonchev–Trinajstić information content (AvgIpc) is 2.80. The summed E-state index contributed by atoms with van der Waals surface area (Å²) in [6.45, 7) is 6.11. The minimum absolute atomic E-state index is 0.210. The van der Waals surface area contributed by atoms with E-state index in [1.807, 2.05) is 31.2 Å². The number of nitriles is 1. The Morgan fingerprint density at radius 3 is 2.96 bits per heavy atom. The summed E-state index contributed by atoms with van der Waals surface area (Å²) in [7, 11) is 2.10. The van der Waals surface area contributed by atoms with Gasteiger partial charge in [-0.15, -0.1) is 0 Å². The van der Waals surface area contributed by atoms with Crippen molar-refractivity contribution in [2.45, 2.75) is 24.7 Å². The number of nitrogens with zero attached hydrogens (tertiary/aromatic N) is 2. The first-order chi connectivity index (χ1) is 11.0. The van der Waals surface area contributed by atoms with Crippen molar-refractivity contribution in [3.05, 3.63) is 75.6 Å². The predicted octanol–water partition coefficient (Wildman–Crippen LogP) is 5.31. The van der Waals surface area contributed by atoms with Gasteiger partial charge in [0.15, 0.2) is 0 Å². The molecule has 0 radical (unpaired) electrons. The molecule has 116 valence electrons. The largest absolute Gasteiger partial charge is 0.261 e. The van der Waals surface area contributed by atoms with Crippen LogP contribution in [0, 0.1) is 23.2 Å². The molecule has 1 atom stereocenters. The van der Waals surface area contributed by atoms with E-state index in [2.05, 4.69) is 34.2 Å². The molecule has 3 nitrogen and oxygen atoms in total. The van der Waals surface area contributed by atoms with E-state index in [0.717, 1.165) is 37.5 Å². The minimum Gasteiger partial charge on any atom is -0.198 e. The third-order valence-corrected chi connectivity index (χ3v) is 4.99. The van der Waals surface area contributed by atoms with E-state index in [1.165, 1.54) is 0 Å². The standard InChI is InChI=1S/C18H18N2OPS/c1-13-16(11-12-19)17(20(21)22)9-10-18(13)23-14(2)15-7-5-3-4-6-8-15/h3-5,7-10H,2,6,11,22H2,1H3/q+1. The molecule has 2 rings (SSSR count). The first-order valence-corrected chi connectivity index (χ1v) is 8.49. The molecule has 0 aliphatic heterocycles. The quantitative estimate of drug-likeness (QED) is 0.538. The Hall–Kier alpha value is -1.95. The highest BCUT2D eigenvalue weighted by Crippen LogP contribution is 2.38. The highest BCUT2D eigenvalue weighted by atomic mass is 32.2. The number of thioether (sulfide) groups is 1. The van der Waals surface area contributed by atoms with E-state index in [1.54, 1.807) is 17.8 Å². The molecule has 0 aromatic heterocycles. The molecule has 5 heteroatoms. The summed E-state index contributed by atoms with van der Waals surface area (Å²) in [5.74, 6) is 0. The van der Waals surface area contributed by atoms with Gasteiger partial charge in [0, 0.05) is 30.9 Å². The molecule has 0 fully saturated rings. The summed E-state index contributed by atoms with van der Waals surface area (Å²) in [5, 5.41) is 9.03. The molecule has 0 saturated heterocycles. The number of hydrogen-bond donors (Lipinski definition) is 0. The summed E-state index contributed by atoms with van der Waals surface area (Å²) in [4.78, 5) is 13.6. The molecule has 0 amide bonds. The second-order valence-corrected chi connectivity index (χ2v) is 6.66. The molecule has 0 saturated carbocycles. The van der Waals surface area contributed by atoms with Crippen LogP contribution in [0.15, 0.2) is 64.5 Å². The van der Waals surface area contributed by atoms with E-state index in [4.69, 9.17) is 5.26 Å². The molecule has 1 aromatic rings. The third kappa shape index (κ3) is 4.28. The van der Waals surface area contributed by atoms with Crippen LogP contribution in [-0.4, -0.2) is 4.53 Å². The molecule has 0 heterocycles. The molecule has 1 aliphatic rings. The van der Waals surface area contributed by atoms with Crippen LogP contribution in [0.3, 0.4) is 0 Å². The molecule has 23 heavy (non-hydrogen) atoms. The first-order valence-electron chi connectivity index (χ1n) is 7.16. The van der Waals surface area contributed by atoms with Gasteiger partial charge in [-0.2, -0.15) is 5.26 Å². The van der Waals surface area contributed by atoms with Gasteiger partial charge in [0.1, 0.15) is 0 Å². The second-order valence-electron chi connectivity index (χ2n) is 5.05. The van der Waals surface area contributed by atoms with Gasteiger partial charge < -0.3 is 0 Å². The normalized spacial score (nSPS) is 13.2. The fourth-order valence-electron chi connectivity index (χ4n) is 2.32.